The van der Waals surface area contributed by atoms with E-state index in [-0.39, 0.29) is 23.8 Å². The smallest absolute Gasteiger partial charge is 0.254 e. The molecule has 5 nitrogen and oxygen atoms in total. The molecule has 1 atom stereocenters. The predicted molar refractivity (Wildman–Crippen MR) is 73.1 cm³/mol. The molecule has 1 amide bonds. The summed E-state index contributed by atoms with van der Waals surface area (Å²) in [4.78, 5) is 15.9. The number of hydrogen-bond acceptors (Lipinski definition) is 4. The average molecular weight is 303 g/mol. The Morgan fingerprint density at radius 1 is 1.58 bits per heavy atom. The van der Waals surface area contributed by atoms with E-state index in [0.29, 0.717) is 17.9 Å². The van der Waals surface area contributed by atoms with Crippen LogP contribution in [0.4, 0.5) is 0 Å². The van der Waals surface area contributed by atoms with Gasteiger partial charge in [-0.15, -0.1) is 0 Å². The third kappa shape index (κ3) is 3.25. The standard InChI is InChI=1S/C12H15ClN2O3S/c1-8-5-11(13)10(7-14-8)12(16)15-6-9-3-2-4-19(9,17)18/h5,7,9H,2-4,6H2,1H3,(H,15,16). The third-order valence-corrected chi connectivity index (χ3v) is 5.78. The van der Waals surface area contributed by atoms with Gasteiger partial charge in [0.15, 0.2) is 9.84 Å². The molecule has 0 saturated carbocycles. The largest absolute Gasteiger partial charge is 0.351 e. The van der Waals surface area contributed by atoms with Crippen LogP contribution in [0.25, 0.3) is 0 Å². The van der Waals surface area contributed by atoms with Crippen molar-refractivity contribution in [3.8, 4) is 0 Å². The highest BCUT2D eigenvalue weighted by molar-refractivity contribution is 7.92. The van der Waals surface area contributed by atoms with Gasteiger partial charge in [-0.3, -0.25) is 9.78 Å². The van der Waals surface area contributed by atoms with Crippen molar-refractivity contribution >= 4 is 27.3 Å². The SMILES string of the molecule is Cc1cc(Cl)c(C(=O)NCC2CCCS2(=O)=O)cn1. The van der Waals surface area contributed by atoms with Gasteiger partial charge in [-0.1, -0.05) is 11.6 Å². The van der Waals surface area contributed by atoms with Crippen molar-refractivity contribution in [3.63, 3.8) is 0 Å². The highest BCUT2D eigenvalue weighted by atomic mass is 35.5. The summed E-state index contributed by atoms with van der Waals surface area (Å²) in [6.45, 7) is 1.91. The first-order chi connectivity index (χ1) is 8.90. The van der Waals surface area contributed by atoms with E-state index in [1.807, 2.05) is 0 Å². The maximum atomic E-state index is 11.9. The molecule has 2 heterocycles. The molecule has 1 aromatic heterocycles. The Hall–Kier alpha value is -1.14. The highest BCUT2D eigenvalue weighted by Gasteiger charge is 2.31. The van der Waals surface area contributed by atoms with Gasteiger partial charge in [-0.05, 0) is 25.8 Å². The number of aromatic nitrogens is 1. The summed E-state index contributed by atoms with van der Waals surface area (Å²) in [5, 5.41) is 2.45. The third-order valence-electron chi connectivity index (χ3n) is 3.19. The van der Waals surface area contributed by atoms with Crippen LogP contribution >= 0.6 is 11.6 Å². The Balaban J connectivity index is 2.02. The number of carbonyl (C=O) groups is 1. The number of aryl methyl sites for hydroxylation is 1. The van der Waals surface area contributed by atoms with Gasteiger partial charge in [0.05, 0.1) is 21.6 Å². The summed E-state index contributed by atoms with van der Waals surface area (Å²) in [5.41, 5.74) is 0.989. The fourth-order valence-electron chi connectivity index (χ4n) is 2.08. The zero-order valence-electron chi connectivity index (χ0n) is 10.5. The van der Waals surface area contributed by atoms with Crippen LogP contribution in [0.15, 0.2) is 12.3 Å². The molecule has 0 aromatic carbocycles. The predicted octanol–water partition coefficient (Wildman–Crippen LogP) is 1.35. The molecule has 0 aliphatic carbocycles. The number of halogens is 1. The van der Waals surface area contributed by atoms with Crippen molar-refractivity contribution in [3.05, 3.63) is 28.5 Å². The lowest BCUT2D eigenvalue weighted by Gasteiger charge is -2.11. The molecule has 1 aliphatic heterocycles. The molecule has 1 saturated heterocycles. The van der Waals surface area contributed by atoms with Gasteiger partial charge in [0.25, 0.3) is 5.91 Å². The maximum absolute atomic E-state index is 11.9. The summed E-state index contributed by atoms with van der Waals surface area (Å²) >= 11 is 5.96. The minimum atomic E-state index is -3.05. The Morgan fingerprint density at radius 3 is 2.89 bits per heavy atom. The molecule has 0 spiro atoms. The number of rotatable bonds is 3. The summed E-state index contributed by atoms with van der Waals surface area (Å²) in [6.07, 6.45) is 2.66. The molecular weight excluding hydrogens is 288 g/mol. The van der Waals surface area contributed by atoms with Gasteiger partial charge in [0, 0.05) is 18.4 Å². The van der Waals surface area contributed by atoms with Crippen molar-refractivity contribution in [1.29, 1.82) is 0 Å². The van der Waals surface area contributed by atoms with Gasteiger partial charge < -0.3 is 5.32 Å². The zero-order chi connectivity index (χ0) is 14.0. The molecule has 1 unspecified atom stereocenters. The van der Waals surface area contributed by atoms with Crippen molar-refractivity contribution in [2.45, 2.75) is 25.0 Å². The number of amides is 1. The number of nitrogens with zero attached hydrogens (tertiary/aromatic N) is 1. The fraction of sp³-hybridized carbons (Fsp3) is 0.500. The van der Waals surface area contributed by atoms with E-state index < -0.39 is 15.1 Å². The van der Waals surface area contributed by atoms with Crippen LogP contribution in [-0.2, 0) is 9.84 Å². The van der Waals surface area contributed by atoms with Crippen molar-refractivity contribution in [2.75, 3.05) is 12.3 Å². The quantitative estimate of drug-likeness (QED) is 0.914. The molecule has 19 heavy (non-hydrogen) atoms. The first kappa shape index (κ1) is 14.3. The lowest BCUT2D eigenvalue weighted by atomic mass is 10.2. The molecular formula is C12H15ClN2O3S. The fourth-order valence-corrected chi connectivity index (χ4v) is 4.14. The van der Waals surface area contributed by atoms with Gasteiger partial charge in [0.2, 0.25) is 0 Å². The minimum absolute atomic E-state index is 0.130. The summed E-state index contributed by atoms with van der Waals surface area (Å²) in [7, 11) is -3.05. The number of sulfone groups is 1. The van der Waals surface area contributed by atoms with E-state index >= 15 is 0 Å². The van der Waals surface area contributed by atoms with Gasteiger partial charge in [-0.2, -0.15) is 0 Å². The topological polar surface area (TPSA) is 76.1 Å². The molecule has 0 bridgehead atoms. The average Bonchev–Trinajstić information content (AvgIpc) is 2.65. The Kier molecular flexibility index (Phi) is 4.10. The number of hydrogen-bond donors (Lipinski definition) is 1. The zero-order valence-corrected chi connectivity index (χ0v) is 12.1. The van der Waals surface area contributed by atoms with Crippen LogP contribution in [-0.4, -0.2) is 36.9 Å². The maximum Gasteiger partial charge on any atom is 0.254 e. The molecule has 1 aromatic rings. The molecule has 1 fully saturated rings. The van der Waals surface area contributed by atoms with E-state index in [1.54, 1.807) is 13.0 Å². The first-order valence-corrected chi connectivity index (χ1v) is 8.11. The van der Waals surface area contributed by atoms with Crippen LogP contribution in [0.1, 0.15) is 28.9 Å². The van der Waals surface area contributed by atoms with E-state index in [4.69, 9.17) is 11.6 Å². The normalized spacial score (nSPS) is 21.3. The number of pyridine rings is 1. The lowest BCUT2D eigenvalue weighted by Crippen LogP contribution is -2.34. The molecule has 1 N–H and O–H groups in total. The number of nitrogens with one attached hydrogen (secondary N) is 1. The van der Waals surface area contributed by atoms with Crippen LogP contribution in [0.3, 0.4) is 0 Å². The Morgan fingerprint density at radius 2 is 2.32 bits per heavy atom. The van der Waals surface area contributed by atoms with Crippen LogP contribution in [0.5, 0.6) is 0 Å². The summed E-state index contributed by atoms with van der Waals surface area (Å²) in [5.74, 6) is -0.181. The van der Waals surface area contributed by atoms with Gasteiger partial charge in [-0.25, -0.2) is 8.42 Å². The summed E-state index contributed by atoms with van der Waals surface area (Å²) < 4.78 is 23.3. The second kappa shape index (κ2) is 5.46. The van der Waals surface area contributed by atoms with Gasteiger partial charge in [0.1, 0.15) is 0 Å². The second-order valence-electron chi connectivity index (χ2n) is 4.65. The van der Waals surface area contributed by atoms with E-state index in [1.165, 1.54) is 6.20 Å². The Labute approximate surface area is 117 Å². The van der Waals surface area contributed by atoms with E-state index in [9.17, 15) is 13.2 Å². The number of carbonyl (C=O) groups excluding carboxylic acids is 1. The molecule has 0 radical (unpaired) electrons. The van der Waals surface area contributed by atoms with Crippen LogP contribution in [0.2, 0.25) is 5.02 Å². The van der Waals surface area contributed by atoms with Crippen LogP contribution in [0, 0.1) is 6.92 Å². The molecule has 104 valence electrons. The van der Waals surface area contributed by atoms with Crippen molar-refractivity contribution < 1.29 is 13.2 Å². The van der Waals surface area contributed by atoms with Gasteiger partial charge >= 0.3 is 0 Å². The molecule has 1 aliphatic rings. The molecule has 7 heteroatoms. The van der Waals surface area contributed by atoms with Crippen molar-refractivity contribution in [1.82, 2.24) is 10.3 Å². The lowest BCUT2D eigenvalue weighted by molar-refractivity contribution is 0.0953. The second-order valence-corrected chi connectivity index (χ2v) is 7.45. The Bertz CT molecular complexity index is 601. The molecule has 2 rings (SSSR count). The van der Waals surface area contributed by atoms with Crippen molar-refractivity contribution in [2.24, 2.45) is 0 Å². The van der Waals surface area contributed by atoms with E-state index in [2.05, 4.69) is 10.3 Å². The highest BCUT2D eigenvalue weighted by Crippen LogP contribution is 2.20. The first-order valence-electron chi connectivity index (χ1n) is 6.02. The van der Waals surface area contributed by atoms with E-state index in [0.717, 1.165) is 5.69 Å². The summed E-state index contributed by atoms with van der Waals surface area (Å²) in [6, 6.07) is 1.60. The van der Waals surface area contributed by atoms with Crippen LogP contribution < -0.4 is 5.32 Å². The monoisotopic (exact) mass is 302 g/mol. The minimum Gasteiger partial charge on any atom is -0.351 e.